The van der Waals surface area contributed by atoms with Crippen LogP contribution >= 0.6 is 0 Å². The standard InChI is InChI=1S/C26H26N6O3/c1-18-27-28-25(35-18)20-6-4-8-23(16-20)31-14-11-24(29-31)32(22-9-12-30(2)13-10-22)26(34)21-7-3-5-19(15-21)17-33/h3-8,11,14-17,22H,9-10,12-13H2,1-2H3. The van der Waals surface area contributed by atoms with E-state index < -0.39 is 0 Å². The summed E-state index contributed by atoms with van der Waals surface area (Å²) in [7, 11) is 2.09. The molecule has 0 N–H and O–H groups in total. The van der Waals surface area contributed by atoms with Crippen molar-refractivity contribution in [2.75, 3.05) is 25.0 Å². The molecule has 9 nitrogen and oxygen atoms in total. The van der Waals surface area contributed by atoms with Crippen LogP contribution in [0.3, 0.4) is 0 Å². The van der Waals surface area contributed by atoms with Gasteiger partial charge in [-0.05, 0) is 63.3 Å². The van der Waals surface area contributed by atoms with Crippen molar-refractivity contribution in [3.63, 3.8) is 0 Å². The molecule has 35 heavy (non-hydrogen) atoms. The Hall–Kier alpha value is -4.11. The van der Waals surface area contributed by atoms with Crippen molar-refractivity contribution >= 4 is 18.0 Å². The van der Waals surface area contributed by atoms with E-state index in [0.717, 1.165) is 43.5 Å². The average Bonchev–Trinajstić information content (AvgIpc) is 3.55. The van der Waals surface area contributed by atoms with Gasteiger partial charge < -0.3 is 9.32 Å². The maximum atomic E-state index is 13.7. The highest BCUT2D eigenvalue weighted by molar-refractivity contribution is 6.06. The van der Waals surface area contributed by atoms with Crippen LogP contribution in [0.25, 0.3) is 17.1 Å². The molecule has 1 amide bonds. The first kappa shape index (κ1) is 22.7. The van der Waals surface area contributed by atoms with Gasteiger partial charge >= 0.3 is 0 Å². The van der Waals surface area contributed by atoms with Crippen LogP contribution in [0.2, 0.25) is 0 Å². The number of aldehydes is 1. The van der Waals surface area contributed by atoms with Gasteiger partial charge in [0.25, 0.3) is 5.91 Å². The first-order valence-corrected chi connectivity index (χ1v) is 11.6. The van der Waals surface area contributed by atoms with Crippen LogP contribution in [0.15, 0.2) is 65.2 Å². The van der Waals surface area contributed by atoms with Gasteiger partial charge in [0, 0.05) is 41.9 Å². The zero-order chi connectivity index (χ0) is 24.4. The molecule has 0 atom stereocenters. The third-order valence-corrected chi connectivity index (χ3v) is 6.25. The molecular weight excluding hydrogens is 444 g/mol. The van der Waals surface area contributed by atoms with Crippen molar-refractivity contribution in [3.05, 3.63) is 77.8 Å². The molecule has 0 radical (unpaired) electrons. The number of likely N-dealkylation sites (tertiary alicyclic amines) is 1. The van der Waals surface area contributed by atoms with Crippen molar-refractivity contribution in [2.45, 2.75) is 25.8 Å². The van der Waals surface area contributed by atoms with Gasteiger partial charge in [0.15, 0.2) is 5.82 Å². The number of aryl methyl sites for hydroxylation is 1. The maximum Gasteiger partial charge on any atom is 0.259 e. The number of nitrogens with zero attached hydrogens (tertiary/aromatic N) is 6. The van der Waals surface area contributed by atoms with Gasteiger partial charge in [0.05, 0.1) is 5.69 Å². The molecule has 1 fully saturated rings. The summed E-state index contributed by atoms with van der Waals surface area (Å²) in [6.07, 6.45) is 4.27. The van der Waals surface area contributed by atoms with Gasteiger partial charge in [-0.2, -0.15) is 0 Å². The van der Waals surface area contributed by atoms with Crippen molar-refractivity contribution in [1.82, 2.24) is 24.9 Å². The van der Waals surface area contributed by atoms with E-state index in [1.807, 2.05) is 36.5 Å². The summed E-state index contributed by atoms with van der Waals surface area (Å²) in [6, 6.07) is 16.3. The molecular formula is C26H26N6O3. The Morgan fingerprint density at radius 3 is 2.63 bits per heavy atom. The van der Waals surface area contributed by atoms with Gasteiger partial charge in [-0.15, -0.1) is 15.3 Å². The van der Waals surface area contributed by atoms with E-state index in [2.05, 4.69) is 22.1 Å². The lowest BCUT2D eigenvalue weighted by molar-refractivity contribution is 0.0962. The molecule has 9 heteroatoms. The van der Waals surface area contributed by atoms with Gasteiger partial charge in [0.1, 0.15) is 6.29 Å². The molecule has 178 valence electrons. The van der Waals surface area contributed by atoms with Crippen LogP contribution in [-0.2, 0) is 0 Å². The number of anilines is 1. The average molecular weight is 471 g/mol. The summed E-state index contributed by atoms with van der Waals surface area (Å²) in [5.41, 5.74) is 2.53. The minimum absolute atomic E-state index is 0.00893. The first-order chi connectivity index (χ1) is 17.0. The summed E-state index contributed by atoms with van der Waals surface area (Å²) in [5.74, 6) is 1.34. The lowest BCUT2D eigenvalue weighted by Gasteiger charge is -2.36. The van der Waals surface area contributed by atoms with E-state index in [0.29, 0.717) is 28.7 Å². The molecule has 3 heterocycles. The van der Waals surface area contributed by atoms with E-state index in [-0.39, 0.29) is 11.9 Å². The Morgan fingerprint density at radius 2 is 1.89 bits per heavy atom. The van der Waals surface area contributed by atoms with E-state index in [1.165, 1.54) is 0 Å². The molecule has 0 unspecified atom stereocenters. The summed E-state index contributed by atoms with van der Waals surface area (Å²) in [6.45, 7) is 3.55. The van der Waals surface area contributed by atoms with Crippen LogP contribution in [0.5, 0.6) is 0 Å². The summed E-state index contributed by atoms with van der Waals surface area (Å²) >= 11 is 0. The Kier molecular flexibility index (Phi) is 6.24. The second-order valence-corrected chi connectivity index (χ2v) is 8.75. The number of aromatic nitrogens is 4. The molecule has 0 saturated carbocycles. The molecule has 0 aliphatic carbocycles. The van der Waals surface area contributed by atoms with Crippen molar-refractivity contribution in [2.24, 2.45) is 0 Å². The second kappa shape index (κ2) is 9.63. The third kappa shape index (κ3) is 4.76. The largest absolute Gasteiger partial charge is 0.421 e. The molecule has 0 spiro atoms. The summed E-state index contributed by atoms with van der Waals surface area (Å²) in [4.78, 5) is 29.0. The van der Waals surface area contributed by atoms with Gasteiger partial charge in [-0.3, -0.25) is 14.5 Å². The number of carbonyl (C=O) groups excluding carboxylic acids is 2. The molecule has 2 aromatic heterocycles. The van der Waals surface area contributed by atoms with Crippen LogP contribution in [-0.4, -0.2) is 63.3 Å². The number of hydrogen-bond donors (Lipinski definition) is 0. The maximum absolute atomic E-state index is 13.7. The lowest BCUT2D eigenvalue weighted by atomic mass is 10.0. The van der Waals surface area contributed by atoms with E-state index in [4.69, 9.17) is 9.52 Å². The quantitative estimate of drug-likeness (QED) is 0.396. The number of piperidine rings is 1. The van der Waals surface area contributed by atoms with Crippen LogP contribution in [0.4, 0.5) is 5.82 Å². The van der Waals surface area contributed by atoms with Gasteiger partial charge in [-0.25, -0.2) is 4.68 Å². The van der Waals surface area contributed by atoms with Crippen LogP contribution in [0.1, 0.15) is 39.4 Å². The minimum atomic E-state index is -0.163. The van der Waals surface area contributed by atoms with Crippen molar-refractivity contribution in [1.29, 1.82) is 0 Å². The fourth-order valence-corrected chi connectivity index (χ4v) is 4.38. The molecule has 0 bridgehead atoms. The normalized spacial score (nSPS) is 14.7. The molecule has 1 saturated heterocycles. The van der Waals surface area contributed by atoms with Gasteiger partial charge in [0.2, 0.25) is 11.8 Å². The van der Waals surface area contributed by atoms with Crippen LogP contribution in [0, 0.1) is 6.92 Å². The highest BCUT2D eigenvalue weighted by Gasteiger charge is 2.30. The molecule has 4 aromatic rings. The highest BCUT2D eigenvalue weighted by atomic mass is 16.4. The molecule has 2 aromatic carbocycles. The predicted octanol–water partition coefficient (Wildman–Crippen LogP) is 3.78. The fourth-order valence-electron chi connectivity index (χ4n) is 4.38. The lowest BCUT2D eigenvalue weighted by Crippen LogP contribution is -2.47. The predicted molar refractivity (Wildman–Crippen MR) is 131 cm³/mol. The number of benzene rings is 2. The van der Waals surface area contributed by atoms with Gasteiger partial charge in [-0.1, -0.05) is 18.2 Å². The number of hydrogen-bond acceptors (Lipinski definition) is 7. The Labute approximate surface area is 203 Å². The zero-order valence-electron chi connectivity index (χ0n) is 19.7. The summed E-state index contributed by atoms with van der Waals surface area (Å²) in [5, 5.41) is 12.8. The topological polar surface area (TPSA) is 97.4 Å². The fraction of sp³-hybridized carbons (Fsp3) is 0.269. The number of carbonyl (C=O) groups is 2. The van der Waals surface area contributed by atoms with E-state index in [1.54, 1.807) is 40.8 Å². The Bertz CT molecular complexity index is 1350. The first-order valence-electron chi connectivity index (χ1n) is 11.6. The third-order valence-electron chi connectivity index (χ3n) is 6.25. The molecule has 1 aliphatic rings. The van der Waals surface area contributed by atoms with Crippen molar-refractivity contribution in [3.8, 4) is 17.1 Å². The van der Waals surface area contributed by atoms with Crippen LogP contribution < -0.4 is 4.90 Å². The van der Waals surface area contributed by atoms with E-state index in [9.17, 15) is 9.59 Å². The monoisotopic (exact) mass is 470 g/mol. The van der Waals surface area contributed by atoms with Crippen molar-refractivity contribution < 1.29 is 14.0 Å². The number of rotatable bonds is 6. The second-order valence-electron chi connectivity index (χ2n) is 8.75. The highest BCUT2D eigenvalue weighted by Crippen LogP contribution is 2.26. The molecule has 1 aliphatic heterocycles. The SMILES string of the molecule is Cc1nnc(-c2cccc(-n3ccc(N(C(=O)c4cccc(C=O)c4)C4CCN(C)CC4)n3)c2)o1. The minimum Gasteiger partial charge on any atom is -0.421 e. The number of amides is 1. The Morgan fingerprint density at radius 1 is 1.09 bits per heavy atom. The zero-order valence-corrected chi connectivity index (χ0v) is 19.7. The Balaban J connectivity index is 1.49. The van der Waals surface area contributed by atoms with E-state index >= 15 is 0 Å². The smallest absolute Gasteiger partial charge is 0.259 e. The summed E-state index contributed by atoms with van der Waals surface area (Å²) < 4.78 is 7.29. The molecule has 5 rings (SSSR count).